The molecule has 0 spiro atoms. The SMILES string of the molecule is C1CC2OOC1C1CC21. The second kappa shape index (κ2) is 1.32. The van der Waals surface area contributed by atoms with Crippen LogP contribution in [0, 0.1) is 11.8 Å². The van der Waals surface area contributed by atoms with E-state index in [9.17, 15) is 0 Å². The van der Waals surface area contributed by atoms with Crippen LogP contribution < -0.4 is 0 Å². The summed E-state index contributed by atoms with van der Waals surface area (Å²) in [5, 5.41) is 0. The van der Waals surface area contributed by atoms with Crippen molar-refractivity contribution in [3.05, 3.63) is 0 Å². The molecule has 2 saturated heterocycles. The van der Waals surface area contributed by atoms with Crippen molar-refractivity contribution in [1.82, 2.24) is 0 Å². The Morgan fingerprint density at radius 2 is 1.44 bits per heavy atom. The van der Waals surface area contributed by atoms with Gasteiger partial charge in [-0.15, -0.1) is 0 Å². The molecule has 9 heavy (non-hydrogen) atoms. The molecule has 0 aromatic carbocycles. The molecule has 4 atom stereocenters. The Hall–Kier alpha value is -0.0800. The van der Waals surface area contributed by atoms with Gasteiger partial charge in [0.1, 0.15) is 0 Å². The van der Waals surface area contributed by atoms with Crippen molar-refractivity contribution in [2.45, 2.75) is 31.5 Å². The monoisotopic (exact) mass is 126 g/mol. The molecule has 2 aliphatic carbocycles. The van der Waals surface area contributed by atoms with Gasteiger partial charge in [-0.2, -0.15) is 0 Å². The quantitative estimate of drug-likeness (QED) is 0.453. The molecule has 4 fully saturated rings. The van der Waals surface area contributed by atoms with E-state index in [1.165, 1.54) is 19.3 Å². The van der Waals surface area contributed by atoms with Crippen molar-refractivity contribution in [3.8, 4) is 0 Å². The second-order valence-corrected chi connectivity index (χ2v) is 3.41. The summed E-state index contributed by atoms with van der Waals surface area (Å²) in [6.45, 7) is 0. The number of hydrogen-bond donors (Lipinski definition) is 0. The fraction of sp³-hybridized carbons (Fsp3) is 1.00. The summed E-state index contributed by atoms with van der Waals surface area (Å²) in [6, 6.07) is 0. The summed E-state index contributed by atoms with van der Waals surface area (Å²) in [5.74, 6) is 1.77. The largest absolute Gasteiger partial charge is 0.233 e. The first kappa shape index (κ1) is 4.69. The van der Waals surface area contributed by atoms with Crippen LogP contribution in [-0.4, -0.2) is 12.2 Å². The van der Waals surface area contributed by atoms with Crippen molar-refractivity contribution < 1.29 is 9.78 Å². The lowest BCUT2D eigenvalue weighted by molar-refractivity contribution is -0.399. The first-order valence-electron chi connectivity index (χ1n) is 3.77. The molecule has 2 bridgehead atoms. The smallest absolute Gasteiger partial charge is 0.0962 e. The molecule has 0 aromatic rings. The maximum absolute atomic E-state index is 5.13. The van der Waals surface area contributed by atoms with Crippen LogP contribution in [0.15, 0.2) is 0 Å². The van der Waals surface area contributed by atoms with E-state index in [2.05, 4.69) is 0 Å². The van der Waals surface area contributed by atoms with Crippen molar-refractivity contribution in [1.29, 1.82) is 0 Å². The zero-order valence-electron chi connectivity index (χ0n) is 5.25. The minimum Gasteiger partial charge on any atom is -0.233 e. The van der Waals surface area contributed by atoms with Gasteiger partial charge in [-0.1, -0.05) is 0 Å². The Labute approximate surface area is 54.1 Å². The van der Waals surface area contributed by atoms with E-state index >= 15 is 0 Å². The predicted octanol–water partition coefficient (Wildman–Crippen LogP) is 1.12. The average Bonchev–Trinajstić information content (AvgIpc) is 2.68. The van der Waals surface area contributed by atoms with Gasteiger partial charge in [0.25, 0.3) is 0 Å². The molecule has 0 N–H and O–H groups in total. The zero-order valence-corrected chi connectivity index (χ0v) is 5.25. The molecule has 2 heterocycles. The Bertz CT molecular complexity index is 122. The van der Waals surface area contributed by atoms with Gasteiger partial charge in [-0.05, 0) is 31.1 Å². The molecule has 0 radical (unpaired) electrons. The van der Waals surface area contributed by atoms with Crippen LogP contribution in [0.25, 0.3) is 0 Å². The van der Waals surface area contributed by atoms with Gasteiger partial charge in [0, 0.05) is 0 Å². The Kier molecular flexibility index (Phi) is 0.691. The molecule has 4 aliphatic rings. The predicted molar refractivity (Wildman–Crippen MR) is 30.6 cm³/mol. The number of fused-ring (bicyclic) bond motifs is 2. The molecule has 50 valence electrons. The minimum absolute atomic E-state index is 0.472. The molecule has 0 aromatic heterocycles. The fourth-order valence-electron chi connectivity index (χ4n) is 2.23. The maximum Gasteiger partial charge on any atom is 0.0962 e. The Balaban J connectivity index is 1.93. The first-order valence-corrected chi connectivity index (χ1v) is 3.77. The molecule has 2 aliphatic heterocycles. The van der Waals surface area contributed by atoms with Gasteiger partial charge in [0.15, 0.2) is 0 Å². The van der Waals surface area contributed by atoms with Crippen molar-refractivity contribution in [2.24, 2.45) is 11.8 Å². The van der Waals surface area contributed by atoms with Crippen LogP contribution in [0.1, 0.15) is 19.3 Å². The van der Waals surface area contributed by atoms with Crippen LogP contribution >= 0.6 is 0 Å². The summed E-state index contributed by atoms with van der Waals surface area (Å²) in [5.41, 5.74) is 0. The van der Waals surface area contributed by atoms with E-state index in [1.807, 2.05) is 0 Å². The third-order valence-electron chi connectivity index (χ3n) is 2.88. The first-order chi connectivity index (χ1) is 4.45. The van der Waals surface area contributed by atoms with Crippen LogP contribution in [0.4, 0.5) is 0 Å². The van der Waals surface area contributed by atoms with Crippen molar-refractivity contribution in [2.75, 3.05) is 0 Å². The number of rotatable bonds is 0. The second-order valence-electron chi connectivity index (χ2n) is 3.41. The minimum atomic E-state index is 0.472. The highest BCUT2D eigenvalue weighted by atomic mass is 17.2. The molecule has 4 rings (SSSR count). The van der Waals surface area contributed by atoms with Gasteiger partial charge in [0.05, 0.1) is 12.2 Å². The molecular formula is C7H10O2. The lowest BCUT2D eigenvalue weighted by Gasteiger charge is -2.33. The third kappa shape index (κ3) is 0.485. The summed E-state index contributed by atoms with van der Waals surface area (Å²) < 4.78 is 0. The molecular weight excluding hydrogens is 116 g/mol. The van der Waals surface area contributed by atoms with E-state index in [4.69, 9.17) is 9.78 Å². The topological polar surface area (TPSA) is 18.5 Å². The highest BCUT2D eigenvalue weighted by molar-refractivity contribution is 5.02. The molecule has 2 heteroatoms. The van der Waals surface area contributed by atoms with Crippen molar-refractivity contribution in [3.63, 3.8) is 0 Å². The molecule has 0 amide bonds. The van der Waals surface area contributed by atoms with Crippen LogP contribution in [0.3, 0.4) is 0 Å². The average molecular weight is 126 g/mol. The van der Waals surface area contributed by atoms with Gasteiger partial charge < -0.3 is 0 Å². The van der Waals surface area contributed by atoms with Gasteiger partial charge in [0.2, 0.25) is 0 Å². The standard InChI is InChI=1S/C7H10O2/c1-2-7-5-3-4(5)6(1)8-9-7/h4-7H,1-3H2. The number of hydrogen-bond acceptors (Lipinski definition) is 2. The van der Waals surface area contributed by atoms with E-state index in [0.29, 0.717) is 12.2 Å². The van der Waals surface area contributed by atoms with Gasteiger partial charge >= 0.3 is 0 Å². The van der Waals surface area contributed by atoms with E-state index in [-0.39, 0.29) is 0 Å². The van der Waals surface area contributed by atoms with Crippen molar-refractivity contribution >= 4 is 0 Å². The lowest BCUT2D eigenvalue weighted by Crippen LogP contribution is -2.37. The molecule has 4 unspecified atom stereocenters. The maximum atomic E-state index is 5.13. The van der Waals surface area contributed by atoms with Crippen LogP contribution in [0.2, 0.25) is 0 Å². The van der Waals surface area contributed by atoms with E-state index < -0.39 is 0 Å². The molecule has 2 saturated carbocycles. The van der Waals surface area contributed by atoms with E-state index in [0.717, 1.165) is 11.8 Å². The fourth-order valence-corrected chi connectivity index (χ4v) is 2.23. The Morgan fingerprint density at radius 1 is 0.889 bits per heavy atom. The zero-order chi connectivity index (χ0) is 5.84. The lowest BCUT2D eigenvalue weighted by atomic mass is 9.94. The molecule has 2 nitrogen and oxygen atoms in total. The van der Waals surface area contributed by atoms with Gasteiger partial charge in [-0.25, -0.2) is 9.78 Å². The highest BCUT2D eigenvalue weighted by Gasteiger charge is 2.56. The summed E-state index contributed by atoms with van der Waals surface area (Å²) in [6.07, 6.45) is 4.80. The normalized spacial score (nSPS) is 61.3. The van der Waals surface area contributed by atoms with Gasteiger partial charge in [-0.3, -0.25) is 0 Å². The van der Waals surface area contributed by atoms with E-state index in [1.54, 1.807) is 0 Å². The third-order valence-corrected chi connectivity index (χ3v) is 2.88. The van der Waals surface area contributed by atoms with Crippen LogP contribution in [-0.2, 0) is 9.78 Å². The Morgan fingerprint density at radius 3 is 1.78 bits per heavy atom. The summed E-state index contributed by atoms with van der Waals surface area (Å²) in [4.78, 5) is 10.3. The highest BCUT2D eigenvalue weighted by Crippen LogP contribution is 2.55. The summed E-state index contributed by atoms with van der Waals surface area (Å²) in [7, 11) is 0. The van der Waals surface area contributed by atoms with Crippen LogP contribution in [0.5, 0.6) is 0 Å². The summed E-state index contributed by atoms with van der Waals surface area (Å²) >= 11 is 0.